The molecule has 2 aromatic rings. The van der Waals surface area contributed by atoms with Crippen molar-refractivity contribution in [2.45, 2.75) is 11.8 Å². The number of nitrogens with one attached hydrogen (secondary N) is 1. The quantitative estimate of drug-likeness (QED) is 0.855. The summed E-state index contributed by atoms with van der Waals surface area (Å²) in [5.74, 6) is -0.912. The maximum Gasteiger partial charge on any atom is 0.264 e. The van der Waals surface area contributed by atoms with Gasteiger partial charge >= 0.3 is 0 Å². The maximum atomic E-state index is 13.7. The highest BCUT2D eigenvalue weighted by molar-refractivity contribution is 7.92. The van der Waals surface area contributed by atoms with Crippen molar-refractivity contribution in [3.05, 3.63) is 52.8 Å². The number of anilines is 2. The zero-order valence-corrected chi connectivity index (χ0v) is 12.1. The van der Waals surface area contributed by atoms with E-state index in [1.807, 2.05) is 0 Å². The van der Waals surface area contributed by atoms with Crippen molar-refractivity contribution in [1.29, 1.82) is 0 Å². The number of nitrogen functional groups attached to an aromatic ring is 1. The van der Waals surface area contributed by atoms with Crippen molar-refractivity contribution in [2.24, 2.45) is 0 Å². The van der Waals surface area contributed by atoms with Gasteiger partial charge in [0, 0.05) is 10.7 Å². The van der Waals surface area contributed by atoms with Crippen LogP contribution < -0.4 is 10.5 Å². The molecule has 0 fully saturated rings. The fourth-order valence-corrected chi connectivity index (χ4v) is 2.88. The lowest BCUT2D eigenvalue weighted by atomic mass is 10.2. The normalized spacial score (nSPS) is 11.3. The van der Waals surface area contributed by atoms with E-state index in [0.29, 0.717) is 5.69 Å². The summed E-state index contributed by atoms with van der Waals surface area (Å²) < 4.78 is 40.1. The zero-order valence-electron chi connectivity index (χ0n) is 10.5. The Balaban J connectivity index is 2.38. The lowest BCUT2D eigenvalue weighted by Crippen LogP contribution is -2.14. The van der Waals surface area contributed by atoms with Crippen molar-refractivity contribution < 1.29 is 12.8 Å². The molecule has 106 valence electrons. The summed E-state index contributed by atoms with van der Waals surface area (Å²) in [6, 6.07) is 8.06. The summed E-state index contributed by atoms with van der Waals surface area (Å²) in [7, 11) is -4.03. The molecular weight excluding hydrogens is 303 g/mol. The van der Waals surface area contributed by atoms with Crippen LogP contribution in [-0.4, -0.2) is 8.42 Å². The third kappa shape index (κ3) is 3.02. The van der Waals surface area contributed by atoms with Gasteiger partial charge < -0.3 is 5.73 Å². The van der Waals surface area contributed by atoms with Gasteiger partial charge in [0.15, 0.2) is 0 Å². The molecule has 0 aliphatic carbocycles. The van der Waals surface area contributed by atoms with Crippen LogP contribution in [0, 0.1) is 12.7 Å². The highest BCUT2D eigenvalue weighted by Crippen LogP contribution is 2.23. The minimum Gasteiger partial charge on any atom is -0.398 e. The molecule has 0 atom stereocenters. The van der Waals surface area contributed by atoms with Gasteiger partial charge in [-0.2, -0.15) is 0 Å². The SMILES string of the molecule is Cc1ccc(NS(=O)(=O)c2ccc(Cl)cc2F)cc1N. The number of rotatable bonds is 3. The van der Waals surface area contributed by atoms with E-state index in [4.69, 9.17) is 17.3 Å². The predicted octanol–water partition coefficient (Wildman–Crippen LogP) is 3.17. The third-order valence-electron chi connectivity index (χ3n) is 2.71. The van der Waals surface area contributed by atoms with Gasteiger partial charge in [-0.15, -0.1) is 0 Å². The Hall–Kier alpha value is -1.79. The van der Waals surface area contributed by atoms with Crippen LogP contribution in [0.3, 0.4) is 0 Å². The van der Waals surface area contributed by atoms with Gasteiger partial charge in [0.05, 0.1) is 5.69 Å². The largest absolute Gasteiger partial charge is 0.398 e. The lowest BCUT2D eigenvalue weighted by Gasteiger charge is -2.10. The molecule has 0 aliphatic rings. The Kier molecular flexibility index (Phi) is 3.87. The first-order chi connectivity index (χ1) is 9.29. The standard InChI is InChI=1S/C13H12ClFN2O2S/c1-8-2-4-10(7-12(8)16)17-20(18,19)13-5-3-9(14)6-11(13)15/h2-7,17H,16H2,1H3. The molecule has 7 heteroatoms. The summed E-state index contributed by atoms with van der Waals surface area (Å²) in [6.45, 7) is 1.80. The molecule has 0 aliphatic heterocycles. The van der Waals surface area contributed by atoms with Crippen LogP contribution >= 0.6 is 11.6 Å². The van der Waals surface area contributed by atoms with Gasteiger partial charge in [-0.25, -0.2) is 12.8 Å². The predicted molar refractivity (Wildman–Crippen MR) is 77.8 cm³/mol. The zero-order chi connectivity index (χ0) is 14.9. The lowest BCUT2D eigenvalue weighted by molar-refractivity contribution is 0.570. The van der Waals surface area contributed by atoms with Crippen LogP contribution in [0.15, 0.2) is 41.3 Å². The monoisotopic (exact) mass is 314 g/mol. The second-order valence-corrected chi connectivity index (χ2v) is 6.34. The molecule has 0 radical (unpaired) electrons. The molecule has 0 spiro atoms. The van der Waals surface area contributed by atoms with E-state index in [0.717, 1.165) is 17.7 Å². The number of nitrogens with two attached hydrogens (primary N) is 1. The van der Waals surface area contributed by atoms with Gasteiger partial charge in [0.2, 0.25) is 0 Å². The molecule has 20 heavy (non-hydrogen) atoms. The summed E-state index contributed by atoms with van der Waals surface area (Å²) in [6.07, 6.45) is 0. The Bertz CT molecular complexity index is 763. The first-order valence-electron chi connectivity index (χ1n) is 5.63. The average Bonchev–Trinajstić information content (AvgIpc) is 2.33. The van der Waals surface area contributed by atoms with E-state index in [9.17, 15) is 12.8 Å². The number of hydrogen-bond donors (Lipinski definition) is 2. The van der Waals surface area contributed by atoms with Crippen molar-refractivity contribution in [3.63, 3.8) is 0 Å². The highest BCUT2D eigenvalue weighted by atomic mass is 35.5. The average molecular weight is 315 g/mol. The molecule has 0 aromatic heterocycles. The van der Waals surface area contributed by atoms with Gasteiger partial charge in [-0.05, 0) is 42.8 Å². The first-order valence-corrected chi connectivity index (χ1v) is 7.50. The van der Waals surface area contributed by atoms with E-state index in [1.54, 1.807) is 19.1 Å². The molecule has 2 aromatic carbocycles. The molecule has 0 saturated heterocycles. The molecule has 0 saturated carbocycles. The first kappa shape index (κ1) is 14.6. The minimum absolute atomic E-state index is 0.126. The summed E-state index contributed by atoms with van der Waals surface area (Å²) in [5, 5.41) is 0.126. The number of aryl methyl sites for hydroxylation is 1. The van der Waals surface area contributed by atoms with Crippen LogP contribution in [-0.2, 0) is 10.0 Å². The second kappa shape index (κ2) is 5.30. The van der Waals surface area contributed by atoms with Crippen LogP contribution in [0.5, 0.6) is 0 Å². The fraction of sp³-hybridized carbons (Fsp3) is 0.0769. The third-order valence-corrected chi connectivity index (χ3v) is 4.36. The molecule has 2 rings (SSSR count). The van der Waals surface area contributed by atoms with Crippen LogP contribution in [0.4, 0.5) is 15.8 Å². The van der Waals surface area contributed by atoms with Crippen molar-refractivity contribution in [3.8, 4) is 0 Å². The van der Waals surface area contributed by atoms with Crippen molar-refractivity contribution in [2.75, 3.05) is 10.5 Å². The van der Waals surface area contributed by atoms with E-state index < -0.39 is 20.7 Å². The van der Waals surface area contributed by atoms with E-state index >= 15 is 0 Å². The fourth-order valence-electron chi connectivity index (χ4n) is 1.61. The smallest absolute Gasteiger partial charge is 0.264 e. The Labute approximate surface area is 121 Å². The van der Waals surface area contributed by atoms with E-state index in [1.165, 1.54) is 12.1 Å². The molecule has 0 amide bonds. The Morgan fingerprint density at radius 2 is 1.90 bits per heavy atom. The van der Waals surface area contributed by atoms with Crippen LogP contribution in [0.2, 0.25) is 5.02 Å². The van der Waals surface area contributed by atoms with Gasteiger partial charge in [-0.3, -0.25) is 4.72 Å². The van der Waals surface area contributed by atoms with Crippen LogP contribution in [0.25, 0.3) is 0 Å². The number of halogens is 2. The topological polar surface area (TPSA) is 72.2 Å². The van der Waals surface area contributed by atoms with E-state index in [2.05, 4.69) is 4.72 Å². The molecular formula is C13H12ClFN2O2S. The van der Waals surface area contributed by atoms with Gasteiger partial charge in [0.25, 0.3) is 10.0 Å². The van der Waals surface area contributed by atoms with E-state index in [-0.39, 0.29) is 10.7 Å². The molecule has 4 nitrogen and oxygen atoms in total. The van der Waals surface area contributed by atoms with Crippen molar-refractivity contribution in [1.82, 2.24) is 0 Å². The van der Waals surface area contributed by atoms with Gasteiger partial charge in [-0.1, -0.05) is 17.7 Å². The summed E-state index contributed by atoms with van der Waals surface area (Å²) >= 11 is 5.59. The Morgan fingerprint density at radius 3 is 2.50 bits per heavy atom. The molecule has 0 unspecified atom stereocenters. The van der Waals surface area contributed by atoms with Gasteiger partial charge in [0.1, 0.15) is 10.7 Å². The summed E-state index contributed by atoms with van der Waals surface area (Å²) in [5.41, 5.74) is 7.24. The molecule has 0 bridgehead atoms. The highest BCUT2D eigenvalue weighted by Gasteiger charge is 2.19. The number of hydrogen-bond acceptors (Lipinski definition) is 3. The summed E-state index contributed by atoms with van der Waals surface area (Å²) in [4.78, 5) is -0.471. The number of sulfonamides is 1. The second-order valence-electron chi connectivity index (χ2n) is 4.25. The van der Waals surface area contributed by atoms with Crippen LogP contribution in [0.1, 0.15) is 5.56 Å². The number of benzene rings is 2. The maximum absolute atomic E-state index is 13.7. The van der Waals surface area contributed by atoms with Crippen molar-refractivity contribution >= 4 is 33.0 Å². The molecule has 0 heterocycles. The minimum atomic E-state index is -4.03. The Morgan fingerprint density at radius 1 is 1.20 bits per heavy atom. The molecule has 3 N–H and O–H groups in total.